The van der Waals surface area contributed by atoms with E-state index in [-0.39, 0.29) is 11.7 Å². The van der Waals surface area contributed by atoms with Crippen molar-refractivity contribution in [1.82, 2.24) is 10.2 Å². The number of likely N-dealkylation sites (tertiary alicyclic amines) is 1. The van der Waals surface area contributed by atoms with Crippen LogP contribution in [0.1, 0.15) is 37.7 Å². The number of nitrogens with one attached hydrogen (secondary N) is 1. The minimum atomic E-state index is -0.231. The maximum atomic E-state index is 12.8. The van der Waals surface area contributed by atoms with Gasteiger partial charge < -0.3 is 10.2 Å². The highest BCUT2D eigenvalue weighted by Gasteiger charge is 2.31. The first kappa shape index (κ1) is 14.5. The van der Waals surface area contributed by atoms with E-state index in [0.29, 0.717) is 18.9 Å². The van der Waals surface area contributed by atoms with Gasteiger partial charge in [-0.05, 0) is 49.8 Å². The van der Waals surface area contributed by atoms with Gasteiger partial charge in [-0.25, -0.2) is 4.39 Å². The van der Waals surface area contributed by atoms with E-state index in [9.17, 15) is 9.18 Å². The smallest absolute Gasteiger partial charge is 0.220 e. The van der Waals surface area contributed by atoms with E-state index in [1.165, 1.54) is 25.0 Å². The number of piperidine rings is 1. The summed E-state index contributed by atoms with van der Waals surface area (Å²) in [5, 5.41) is 3.14. The molecule has 2 fully saturated rings. The van der Waals surface area contributed by atoms with Crippen LogP contribution >= 0.6 is 0 Å². The van der Waals surface area contributed by atoms with Crippen LogP contribution in [0.2, 0.25) is 0 Å². The van der Waals surface area contributed by atoms with Gasteiger partial charge in [0.15, 0.2) is 0 Å². The lowest BCUT2D eigenvalue weighted by Crippen LogP contribution is -2.45. The lowest BCUT2D eigenvalue weighted by atomic mass is 10.0. The summed E-state index contributed by atoms with van der Waals surface area (Å²) in [6.45, 7) is 2.24. The summed E-state index contributed by atoms with van der Waals surface area (Å²) in [7, 11) is 0. The standard InChI is InChI=1S/C17H23FN2O/c18-14-4-1-13(2-5-14)3-8-17(21)19-15-9-11-20(12-10-15)16-6-7-16/h1-2,4-5,15-16H,3,6-12H2,(H,19,21). The molecule has 1 saturated heterocycles. The molecule has 1 N–H and O–H groups in total. The molecule has 3 nitrogen and oxygen atoms in total. The summed E-state index contributed by atoms with van der Waals surface area (Å²) in [5.74, 6) is -0.116. The Kier molecular flexibility index (Phi) is 4.54. The van der Waals surface area contributed by atoms with E-state index in [1.807, 2.05) is 0 Å². The fourth-order valence-corrected chi connectivity index (χ4v) is 3.06. The van der Waals surface area contributed by atoms with Crippen LogP contribution in [0.4, 0.5) is 4.39 Å². The monoisotopic (exact) mass is 290 g/mol. The molecule has 114 valence electrons. The number of amides is 1. The quantitative estimate of drug-likeness (QED) is 0.903. The van der Waals surface area contributed by atoms with E-state index in [4.69, 9.17) is 0 Å². The van der Waals surface area contributed by atoms with Gasteiger partial charge in [-0.1, -0.05) is 12.1 Å². The number of aryl methyl sites for hydroxylation is 1. The van der Waals surface area contributed by atoms with Gasteiger partial charge in [0.2, 0.25) is 5.91 Å². The van der Waals surface area contributed by atoms with Crippen LogP contribution in [-0.2, 0) is 11.2 Å². The highest BCUT2D eigenvalue weighted by molar-refractivity contribution is 5.76. The predicted molar refractivity (Wildman–Crippen MR) is 80.5 cm³/mol. The molecular weight excluding hydrogens is 267 g/mol. The van der Waals surface area contributed by atoms with Gasteiger partial charge in [-0.2, -0.15) is 0 Å². The molecule has 21 heavy (non-hydrogen) atoms. The summed E-state index contributed by atoms with van der Waals surface area (Å²) in [5.41, 5.74) is 1.01. The van der Waals surface area contributed by atoms with E-state index < -0.39 is 0 Å². The van der Waals surface area contributed by atoms with Crippen LogP contribution in [0.15, 0.2) is 24.3 Å². The van der Waals surface area contributed by atoms with Gasteiger partial charge in [0.05, 0.1) is 0 Å². The van der Waals surface area contributed by atoms with Gasteiger partial charge in [0.1, 0.15) is 5.82 Å². The second kappa shape index (κ2) is 6.56. The second-order valence-corrected chi connectivity index (χ2v) is 6.24. The maximum Gasteiger partial charge on any atom is 0.220 e. The van der Waals surface area contributed by atoms with Crippen molar-refractivity contribution in [3.05, 3.63) is 35.6 Å². The van der Waals surface area contributed by atoms with Crippen LogP contribution in [0, 0.1) is 5.82 Å². The van der Waals surface area contributed by atoms with Gasteiger partial charge in [0.25, 0.3) is 0 Å². The maximum absolute atomic E-state index is 12.8. The normalized spacial score (nSPS) is 20.4. The molecule has 0 atom stereocenters. The zero-order valence-electron chi connectivity index (χ0n) is 12.4. The van der Waals surface area contributed by atoms with Crippen molar-refractivity contribution < 1.29 is 9.18 Å². The van der Waals surface area contributed by atoms with E-state index >= 15 is 0 Å². The molecule has 1 aliphatic carbocycles. The van der Waals surface area contributed by atoms with Crippen LogP contribution in [0.25, 0.3) is 0 Å². The number of carbonyl (C=O) groups is 1. The Bertz CT molecular complexity index is 476. The fraction of sp³-hybridized carbons (Fsp3) is 0.588. The molecule has 1 heterocycles. The summed E-state index contributed by atoms with van der Waals surface area (Å²) in [4.78, 5) is 14.5. The van der Waals surface area contributed by atoms with Crippen molar-refractivity contribution in [3.63, 3.8) is 0 Å². The third-order valence-corrected chi connectivity index (χ3v) is 4.51. The lowest BCUT2D eigenvalue weighted by molar-refractivity contribution is -0.122. The molecule has 0 aromatic heterocycles. The second-order valence-electron chi connectivity index (χ2n) is 6.24. The first-order valence-corrected chi connectivity index (χ1v) is 7.98. The number of carbonyl (C=O) groups excluding carboxylic acids is 1. The van der Waals surface area contributed by atoms with Crippen molar-refractivity contribution in [2.45, 2.75) is 50.6 Å². The molecule has 1 aromatic rings. The number of hydrogen-bond acceptors (Lipinski definition) is 2. The molecule has 0 unspecified atom stereocenters. The Hall–Kier alpha value is -1.42. The molecular formula is C17H23FN2O. The molecule has 1 aromatic carbocycles. The van der Waals surface area contributed by atoms with Gasteiger partial charge >= 0.3 is 0 Å². The van der Waals surface area contributed by atoms with Crippen LogP contribution in [0.5, 0.6) is 0 Å². The molecule has 2 aliphatic rings. The molecule has 0 bridgehead atoms. The van der Waals surface area contributed by atoms with Crippen LogP contribution in [0.3, 0.4) is 0 Å². The average molecular weight is 290 g/mol. The Labute approximate surface area is 125 Å². The molecule has 4 heteroatoms. The predicted octanol–water partition coefficient (Wildman–Crippen LogP) is 2.50. The van der Waals surface area contributed by atoms with Gasteiger partial charge in [-0.15, -0.1) is 0 Å². The molecule has 1 amide bonds. The first-order chi connectivity index (χ1) is 10.2. The molecule has 1 aliphatic heterocycles. The molecule has 3 rings (SSSR count). The molecule has 0 spiro atoms. The average Bonchev–Trinajstić information content (AvgIpc) is 3.32. The highest BCUT2D eigenvalue weighted by Crippen LogP contribution is 2.29. The van der Waals surface area contributed by atoms with Crippen molar-refractivity contribution in [2.75, 3.05) is 13.1 Å². The summed E-state index contributed by atoms with van der Waals surface area (Å²) in [6.07, 6.45) is 6.00. The Balaban J connectivity index is 1.37. The number of benzene rings is 1. The Morgan fingerprint density at radius 1 is 1.14 bits per heavy atom. The minimum Gasteiger partial charge on any atom is -0.353 e. The first-order valence-electron chi connectivity index (χ1n) is 7.98. The SMILES string of the molecule is O=C(CCc1ccc(F)cc1)NC1CCN(C2CC2)CC1. The molecule has 1 saturated carbocycles. The number of halogens is 1. The number of hydrogen-bond donors (Lipinski definition) is 1. The number of rotatable bonds is 5. The van der Waals surface area contributed by atoms with Crippen molar-refractivity contribution in [1.29, 1.82) is 0 Å². The third kappa shape index (κ3) is 4.27. The van der Waals surface area contributed by atoms with Crippen LogP contribution < -0.4 is 5.32 Å². The van der Waals surface area contributed by atoms with E-state index in [2.05, 4.69) is 10.2 Å². The van der Waals surface area contributed by atoms with Crippen molar-refractivity contribution in [2.24, 2.45) is 0 Å². The fourth-order valence-electron chi connectivity index (χ4n) is 3.06. The van der Waals surface area contributed by atoms with E-state index in [0.717, 1.165) is 37.5 Å². The highest BCUT2D eigenvalue weighted by atomic mass is 19.1. The minimum absolute atomic E-state index is 0.115. The summed E-state index contributed by atoms with van der Waals surface area (Å²) >= 11 is 0. The Morgan fingerprint density at radius 3 is 2.43 bits per heavy atom. The zero-order valence-corrected chi connectivity index (χ0v) is 12.4. The van der Waals surface area contributed by atoms with Gasteiger partial charge in [0, 0.05) is 31.6 Å². The Morgan fingerprint density at radius 2 is 1.81 bits per heavy atom. The summed E-state index contributed by atoms with van der Waals surface area (Å²) in [6, 6.07) is 7.55. The third-order valence-electron chi connectivity index (χ3n) is 4.51. The van der Waals surface area contributed by atoms with Crippen molar-refractivity contribution >= 4 is 5.91 Å². The van der Waals surface area contributed by atoms with Crippen LogP contribution in [-0.4, -0.2) is 36.0 Å². The van der Waals surface area contributed by atoms with Gasteiger partial charge in [-0.3, -0.25) is 4.79 Å². The van der Waals surface area contributed by atoms with E-state index in [1.54, 1.807) is 12.1 Å². The van der Waals surface area contributed by atoms with Crippen molar-refractivity contribution in [3.8, 4) is 0 Å². The molecule has 0 radical (unpaired) electrons. The topological polar surface area (TPSA) is 32.3 Å². The zero-order chi connectivity index (χ0) is 14.7. The lowest BCUT2D eigenvalue weighted by Gasteiger charge is -2.32. The largest absolute Gasteiger partial charge is 0.353 e. The summed E-state index contributed by atoms with van der Waals surface area (Å²) < 4.78 is 12.8. The number of nitrogens with zero attached hydrogens (tertiary/aromatic N) is 1.